The van der Waals surface area contributed by atoms with Gasteiger partial charge in [0.05, 0.1) is 20.1 Å². The first kappa shape index (κ1) is 14.9. The first-order chi connectivity index (χ1) is 8.52. The Morgan fingerprint density at radius 3 is 2.39 bits per heavy atom. The number of hydrogen-bond acceptors (Lipinski definition) is 5. The standard InChI is InChI=1S/C12H23N3O3/c1-13-6-8-15(9-7-13)11(16)10-14(2)5-4-12(17)18-3/h4-10H2,1-3H3. The Balaban J connectivity index is 2.24. The molecule has 6 heteroatoms. The van der Waals surface area contributed by atoms with Crippen LogP contribution in [-0.4, -0.2) is 87.0 Å². The zero-order valence-corrected chi connectivity index (χ0v) is 11.5. The zero-order valence-electron chi connectivity index (χ0n) is 11.5. The number of piperazine rings is 1. The summed E-state index contributed by atoms with van der Waals surface area (Å²) in [4.78, 5) is 28.9. The second kappa shape index (κ2) is 7.33. The van der Waals surface area contributed by atoms with Crippen LogP contribution in [0.5, 0.6) is 0 Å². The molecule has 1 rings (SSSR count). The van der Waals surface area contributed by atoms with Crippen molar-refractivity contribution in [3.63, 3.8) is 0 Å². The van der Waals surface area contributed by atoms with Gasteiger partial charge in [0.15, 0.2) is 0 Å². The Labute approximate surface area is 108 Å². The minimum absolute atomic E-state index is 0.135. The van der Waals surface area contributed by atoms with E-state index < -0.39 is 0 Å². The molecule has 0 unspecified atom stereocenters. The maximum absolute atomic E-state index is 12.0. The van der Waals surface area contributed by atoms with Gasteiger partial charge < -0.3 is 14.5 Å². The third-order valence-electron chi connectivity index (χ3n) is 3.19. The van der Waals surface area contributed by atoms with Crippen LogP contribution in [0.3, 0.4) is 0 Å². The predicted molar refractivity (Wildman–Crippen MR) is 68.2 cm³/mol. The molecule has 1 heterocycles. The normalized spacial score (nSPS) is 17.0. The second-order valence-corrected chi connectivity index (χ2v) is 4.75. The molecule has 1 fully saturated rings. The Kier molecular flexibility index (Phi) is 6.07. The summed E-state index contributed by atoms with van der Waals surface area (Å²) in [7, 11) is 5.28. The maximum atomic E-state index is 12.0. The quantitative estimate of drug-likeness (QED) is 0.607. The summed E-state index contributed by atoms with van der Waals surface area (Å²) in [6, 6.07) is 0. The highest BCUT2D eigenvalue weighted by Crippen LogP contribution is 2.01. The minimum Gasteiger partial charge on any atom is -0.469 e. The highest BCUT2D eigenvalue weighted by molar-refractivity contribution is 5.78. The molecular formula is C12H23N3O3. The fourth-order valence-corrected chi connectivity index (χ4v) is 1.85. The Morgan fingerprint density at radius 2 is 1.83 bits per heavy atom. The predicted octanol–water partition coefficient (Wildman–Crippen LogP) is -0.745. The minimum atomic E-state index is -0.242. The van der Waals surface area contributed by atoms with Crippen molar-refractivity contribution in [2.45, 2.75) is 6.42 Å². The number of ether oxygens (including phenoxy) is 1. The number of methoxy groups -OCH3 is 1. The third-order valence-corrected chi connectivity index (χ3v) is 3.19. The summed E-state index contributed by atoms with van der Waals surface area (Å²) >= 11 is 0. The number of nitrogens with zero attached hydrogens (tertiary/aromatic N) is 3. The number of amides is 1. The number of hydrogen-bond donors (Lipinski definition) is 0. The average Bonchev–Trinajstić information content (AvgIpc) is 2.36. The van der Waals surface area contributed by atoms with Crippen molar-refractivity contribution in [2.75, 3.05) is 60.5 Å². The van der Waals surface area contributed by atoms with Crippen molar-refractivity contribution in [3.05, 3.63) is 0 Å². The van der Waals surface area contributed by atoms with E-state index in [1.807, 2.05) is 16.8 Å². The van der Waals surface area contributed by atoms with E-state index in [0.717, 1.165) is 26.2 Å². The van der Waals surface area contributed by atoms with Gasteiger partial charge >= 0.3 is 5.97 Å². The summed E-state index contributed by atoms with van der Waals surface area (Å²) in [6.45, 7) is 4.35. The van der Waals surface area contributed by atoms with Crippen molar-refractivity contribution in [1.82, 2.24) is 14.7 Å². The van der Waals surface area contributed by atoms with Crippen molar-refractivity contribution in [1.29, 1.82) is 0 Å². The van der Waals surface area contributed by atoms with Crippen LogP contribution in [0.15, 0.2) is 0 Å². The van der Waals surface area contributed by atoms with E-state index in [1.165, 1.54) is 7.11 Å². The van der Waals surface area contributed by atoms with Crippen LogP contribution >= 0.6 is 0 Å². The smallest absolute Gasteiger partial charge is 0.306 e. The highest BCUT2D eigenvalue weighted by atomic mass is 16.5. The van der Waals surface area contributed by atoms with Crippen molar-refractivity contribution >= 4 is 11.9 Å². The van der Waals surface area contributed by atoms with E-state index >= 15 is 0 Å². The summed E-state index contributed by atoms with van der Waals surface area (Å²) in [5.74, 6) is -0.107. The molecule has 0 N–H and O–H groups in total. The molecule has 1 aliphatic heterocycles. The molecule has 18 heavy (non-hydrogen) atoms. The molecule has 104 valence electrons. The number of rotatable bonds is 5. The molecule has 0 aliphatic carbocycles. The number of carbonyl (C=O) groups is 2. The lowest BCUT2D eigenvalue weighted by molar-refractivity contribution is -0.141. The van der Waals surface area contributed by atoms with Crippen LogP contribution in [0.25, 0.3) is 0 Å². The van der Waals surface area contributed by atoms with Crippen LogP contribution in [0, 0.1) is 0 Å². The van der Waals surface area contributed by atoms with Crippen molar-refractivity contribution < 1.29 is 14.3 Å². The molecular weight excluding hydrogens is 234 g/mol. The van der Waals surface area contributed by atoms with E-state index in [1.54, 1.807) is 0 Å². The van der Waals surface area contributed by atoms with Gasteiger partial charge in [-0.3, -0.25) is 14.5 Å². The number of likely N-dealkylation sites (N-methyl/N-ethyl adjacent to an activating group) is 2. The summed E-state index contributed by atoms with van der Waals surface area (Å²) in [5.41, 5.74) is 0. The SMILES string of the molecule is COC(=O)CCN(C)CC(=O)N1CCN(C)CC1. The molecule has 0 bridgehead atoms. The maximum Gasteiger partial charge on any atom is 0.306 e. The van der Waals surface area contributed by atoms with Gasteiger partial charge in [-0.15, -0.1) is 0 Å². The molecule has 6 nitrogen and oxygen atoms in total. The van der Waals surface area contributed by atoms with E-state index in [2.05, 4.69) is 16.7 Å². The molecule has 1 amide bonds. The molecule has 1 aliphatic rings. The topological polar surface area (TPSA) is 53.1 Å². The molecule has 0 aromatic heterocycles. The lowest BCUT2D eigenvalue weighted by Gasteiger charge is -2.33. The molecule has 0 atom stereocenters. The van der Waals surface area contributed by atoms with Gasteiger partial charge in [-0.25, -0.2) is 0 Å². The Hall–Kier alpha value is -1.14. The molecule has 0 saturated carbocycles. The van der Waals surface area contributed by atoms with Gasteiger partial charge in [0.2, 0.25) is 5.91 Å². The van der Waals surface area contributed by atoms with Crippen LogP contribution in [-0.2, 0) is 14.3 Å². The molecule has 0 spiro atoms. The fraction of sp³-hybridized carbons (Fsp3) is 0.833. The third kappa shape index (κ3) is 5.01. The fourth-order valence-electron chi connectivity index (χ4n) is 1.85. The first-order valence-electron chi connectivity index (χ1n) is 6.24. The van der Waals surface area contributed by atoms with E-state index in [0.29, 0.717) is 19.5 Å². The Morgan fingerprint density at radius 1 is 1.22 bits per heavy atom. The number of esters is 1. The van der Waals surface area contributed by atoms with Gasteiger partial charge in [0.1, 0.15) is 0 Å². The van der Waals surface area contributed by atoms with Gasteiger partial charge in [-0.1, -0.05) is 0 Å². The highest BCUT2D eigenvalue weighted by Gasteiger charge is 2.20. The van der Waals surface area contributed by atoms with E-state index in [-0.39, 0.29) is 11.9 Å². The molecule has 0 aromatic carbocycles. The van der Waals surface area contributed by atoms with Crippen molar-refractivity contribution in [3.8, 4) is 0 Å². The summed E-state index contributed by atoms with van der Waals surface area (Å²) in [6.07, 6.45) is 0.322. The van der Waals surface area contributed by atoms with Crippen LogP contribution in [0.1, 0.15) is 6.42 Å². The van der Waals surface area contributed by atoms with Crippen molar-refractivity contribution in [2.24, 2.45) is 0 Å². The van der Waals surface area contributed by atoms with Gasteiger partial charge in [0, 0.05) is 32.7 Å². The largest absolute Gasteiger partial charge is 0.469 e. The van der Waals surface area contributed by atoms with Crippen LogP contribution in [0.2, 0.25) is 0 Å². The summed E-state index contributed by atoms with van der Waals surface area (Å²) < 4.78 is 4.57. The lowest BCUT2D eigenvalue weighted by Crippen LogP contribution is -2.49. The Bertz CT molecular complexity index is 288. The molecule has 1 saturated heterocycles. The first-order valence-corrected chi connectivity index (χ1v) is 6.24. The monoisotopic (exact) mass is 257 g/mol. The van der Waals surface area contributed by atoms with Gasteiger partial charge in [-0.05, 0) is 14.1 Å². The number of carbonyl (C=O) groups excluding carboxylic acids is 2. The summed E-state index contributed by atoms with van der Waals surface area (Å²) in [5, 5.41) is 0. The lowest BCUT2D eigenvalue weighted by atomic mass is 10.3. The van der Waals surface area contributed by atoms with E-state index in [9.17, 15) is 9.59 Å². The molecule has 0 aromatic rings. The van der Waals surface area contributed by atoms with Crippen LogP contribution < -0.4 is 0 Å². The van der Waals surface area contributed by atoms with Crippen LogP contribution in [0.4, 0.5) is 0 Å². The average molecular weight is 257 g/mol. The van der Waals surface area contributed by atoms with Gasteiger partial charge in [-0.2, -0.15) is 0 Å². The van der Waals surface area contributed by atoms with E-state index in [4.69, 9.17) is 0 Å². The van der Waals surface area contributed by atoms with Gasteiger partial charge in [0.25, 0.3) is 0 Å². The zero-order chi connectivity index (χ0) is 13.5. The second-order valence-electron chi connectivity index (χ2n) is 4.75. The molecule has 0 radical (unpaired) electrons.